The zero-order valence-electron chi connectivity index (χ0n) is 16.4. The van der Waals surface area contributed by atoms with Crippen LogP contribution in [0.15, 0.2) is 71.7 Å². The summed E-state index contributed by atoms with van der Waals surface area (Å²) in [5.41, 5.74) is 4.40. The second-order valence-electron chi connectivity index (χ2n) is 5.52. The first-order chi connectivity index (χ1) is 13.3. The van der Waals surface area contributed by atoms with E-state index in [1.54, 1.807) is 0 Å². The molecule has 0 atom stereocenters. The fourth-order valence-corrected chi connectivity index (χ4v) is 2.50. The molecule has 1 aliphatic rings. The fraction of sp³-hybridized carbons (Fsp3) is 0.273. The highest BCUT2D eigenvalue weighted by atomic mass is 16.5. The van der Waals surface area contributed by atoms with Gasteiger partial charge in [0.1, 0.15) is 12.4 Å². The number of benzene rings is 2. The van der Waals surface area contributed by atoms with Crippen LogP contribution in [-0.2, 0) is 6.61 Å². The maximum atomic E-state index is 7.00. The topological polar surface area (TPSA) is 66.2 Å². The summed E-state index contributed by atoms with van der Waals surface area (Å²) in [6, 6.07) is 16.1. The van der Waals surface area contributed by atoms with Gasteiger partial charge in [-0.25, -0.2) is 4.99 Å². The zero-order chi connectivity index (χ0) is 20.1. The molecule has 3 rings (SSSR count). The molecule has 5 heteroatoms. The number of ether oxygens (including phenoxy) is 1. The minimum absolute atomic E-state index is 0.536. The summed E-state index contributed by atoms with van der Waals surface area (Å²) in [6.45, 7) is 9.41. The van der Waals surface area contributed by atoms with Crippen molar-refractivity contribution in [3.05, 3.63) is 72.8 Å². The van der Waals surface area contributed by atoms with Crippen LogP contribution in [0.3, 0.4) is 0 Å². The first-order valence-corrected chi connectivity index (χ1v) is 8.78. The minimum atomic E-state index is 0.536. The number of amidine groups is 1. The summed E-state index contributed by atoms with van der Waals surface area (Å²) in [4.78, 5) is 8.99. The smallest absolute Gasteiger partial charge is 0.154 e. The molecule has 0 saturated carbocycles. The normalized spacial score (nSPS) is 12.3. The van der Waals surface area contributed by atoms with Gasteiger partial charge in [-0.2, -0.15) is 0 Å². The van der Waals surface area contributed by atoms with Crippen molar-refractivity contribution in [2.75, 3.05) is 26.0 Å². The maximum Gasteiger partial charge on any atom is 0.154 e. The van der Waals surface area contributed by atoms with Gasteiger partial charge in [0.2, 0.25) is 0 Å². The summed E-state index contributed by atoms with van der Waals surface area (Å²) < 4.78 is 5.88. The molecule has 1 heterocycles. The molecule has 2 aromatic rings. The van der Waals surface area contributed by atoms with Crippen LogP contribution in [0, 0.1) is 0 Å². The summed E-state index contributed by atoms with van der Waals surface area (Å²) in [6.07, 6.45) is 0.954. The Labute approximate surface area is 162 Å². The molecule has 0 saturated heterocycles. The molecule has 2 aromatic carbocycles. The van der Waals surface area contributed by atoms with E-state index in [0.29, 0.717) is 6.61 Å². The first-order valence-electron chi connectivity index (χ1n) is 8.78. The fourth-order valence-electron chi connectivity index (χ4n) is 2.50. The summed E-state index contributed by atoms with van der Waals surface area (Å²) in [7, 11) is 2.92. The number of para-hydroxylation sites is 1. The van der Waals surface area contributed by atoms with Gasteiger partial charge in [0.05, 0.1) is 0 Å². The molecule has 27 heavy (non-hydrogen) atoms. The third-order valence-electron chi connectivity index (χ3n) is 3.83. The standard InChI is InChI=1S/C19H21N3O.C2H4.CH4O/c1-14-11-12-21-19(22-14)15-7-9-17(10-8-15)23-13-16-5-3-4-6-18(16)20-2;2*1-2/h3-10,20H,11-13H2,1-2H3;1-2H2;2H,1H3. The Morgan fingerprint density at radius 3 is 2.37 bits per heavy atom. The van der Waals surface area contributed by atoms with Crippen molar-refractivity contribution in [2.45, 2.75) is 20.0 Å². The molecule has 0 amide bonds. The zero-order valence-corrected chi connectivity index (χ0v) is 16.4. The van der Waals surface area contributed by atoms with Gasteiger partial charge in [-0.3, -0.25) is 4.99 Å². The van der Waals surface area contributed by atoms with Gasteiger partial charge in [0.25, 0.3) is 0 Å². The summed E-state index contributed by atoms with van der Waals surface area (Å²) in [5, 5.41) is 10.2. The van der Waals surface area contributed by atoms with Crippen molar-refractivity contribution in [3.8, 4) is 5.75 Å². The number of nitrogens with one attached hydrogen (secondary N) is 1. The van der Waals surface area contributed by atoms with Crippen LogP contribution in [0.25, 0.3) is 0 Å². The number of aliphatic hydroxyl groups excluding tert-OH is 1. The molecule has 2 N–H and O–H groups in total. The first kappa shape index (κ1) is 22.1. The number of aliphatic imine (C=N–C) groups is 2. The van der Waals surface area contributed by atoms with Gasteiger partial charge in [-0.05, 0) is 37.3 Å². The number of nitrogens with zero attached hydrogens (tertiary/aromatic N) is 2. The third kappa shape index (κ3) is 6.72. The summed E-state index contributed by atoms with van der Waals surface area (Å²) >= 11 is 0. The molecule has 144 valence electrons. The Morgan fingerprint density at radius 1 is 1.07 bits per heavy atom. The van der Waals surface area contributed by atoms with Gasteiger partial charge in [-0.1, -0.05) is 18.2 Å². The van der Waals surface area contributed by atoms with Crippen LogP contribution in [0.4, 0.5) is 5.69 Å². The minimum Gasteiger partial charge on any atom is -0.489 e. The van der Waals surface area contributed by atoms with Crippen LogP contribution in [0.5, 0.6) is 5.75 Å². The van der Waals surface area contributed by atoms with Crippen LogP contribution >= 0.6 is 0 Å². The second-order valence-corrected chi connectivity index (χ2v) is 5.52. The van der Waals surface area contributed by atoms with Crippen molar-refractivity contribution in [1.29, 1.82) is 0 Å². The van der Waals surface area contributed by atoms with Gasteiger partial charge >= 0.3 is 0 Å². The lowest BCUT2D eigenvalue weighted by Crippen LogP contribution is -2.10. The van der Waals surface area contributed by atoms with Gasteiger partial charge in [0.15, 0.2) is 5.84 Å². The lowest BCUT2D eigenvalue weighted by molar-refractivity contribution is 0.307. The molecule has 0 aromatic heterocycles. The lowest BCUT2D eigenvalue weighted by Gasteiger charge is -2.12. The van der Waals surface area contributed by atoms with E-state index in [4.69, 9.17) is 9.84 Å². The van der Waals surface area contributed by atoms with Crippen molar-refractivity contribution in [3.63, 3.8) is 0 Å². The van der Waals surface area contributed by atoms with Crippen LogP contribution in [0.1, 0.15) is 24.5 Å². The van der Waals surface area contributed by atoms with E-state index >= 15 is 0 Å². The second kappa shape index (κ2) is 12.4. The highest BCUT2D eigenvalue weighted by molar-refractivity contribution is 6.07. The molecule has 0 bridgehead atoms. The quantitative estimate of drug-likeness (QED) is 0.773. The Kier molecular flexibility index (Phi) is 10.2. The van der Waals surface area contributed by atoms with Crippen molar-refractivity contribution in [1.82, 2.24) is 0 Å². The largest absolute Gasteiger partial charge is 0.489 e. The predicted molar refractivity (Wildman–Crippen MR) is 115 cm³/mol. The molecule has 0 aliphatic carbocycles. The van der Waals surface area contributed by atoms with Crippen molar-refractivity contribution >= 4 is 17.2 Å². The predicted octanol–water partition coefficient (Wildman–Crippen LogP) is 4.33. The molecule has 0 radical (unpaired) electrons. The third-order valence-corrected chi connectivity index (χ3v) is 3.83. The van der Waals surface area contributed by atoms with Crippen LogP contribution in [-0.4, -0.2) is 37.4 Å². The van der Waals surface area contributed by atoms with E-state index < -0.39 is 0 Å². The van der Waals surface area contributed by atoms with E-state index in [1.807, 2.05) is 56.4 Å². The molecule has 0 unspecified atom stereocenters. The number of aliphatic hydroxyl groups is 1. The molecule has 5 nitrogen and oxygen atoms in total. The Hall–Kier alpha value is -2.92. The van der Waals surface area contributed by atoms with E-state index in [2.05, 4.69) is 34.5 Å². The molecule has 0 fully saturated rings. The van der Waals surface area contributed by atoms with Crippen LogP contribution in [0.2, 0.25) is 0 Å². The van der Waals surface area contributed by atoms with E-state index in [9.17, 15) is 0 Å². The van der Waals surface area contributed by atoms with Gasteiger partial charge in [-0.15, -0.1) is 13.2 Å². The maximum absolute atomic E-state index is 7.00. The summed E-state index contributed by atoms with van der Waals surface area (Å²) in [5.74, 6) is 1.66. The SMILES string of the molecule is C=C.CNc1ccccc1COc1ccc(C2=NCCC(C)=N2)cc1.CO. The monoisotopic (exact) mass is 367 g/mol. The van der Waals surface area contributed by atoms with E-state index in [-0.39, 0.29) is 0 Å². The number of rotatable bonds is 5. The number of hydrogen-bond acceptors (Lipinski definition) is 5. The van der Waals surface area contributed by atoms with Crippen molar-refractivity contribution in [2.24, 2.45) is 9.98 Å². The number of anilines is 1. The lowest BCUT2D eigenvalue weighted by atomic mass is 10.1. The molecule has 1 aliphatic heterocycles. The Morgan fingerprint density at radius 2 is 1.74 bits per heavy atom. The highest BCUT2D eigenvalue weighted by Gasteiger charge is 2.08. The van der Waals surface area contributed by atoms with Crippen LogP contribution < -0.4 is 10.1 Å². The highest BCUT2D eigenvalue weighted by Crippen LogP contribution is 2.19. The molecule has 0 spiro atoms. The average molecular weight is 367 g/mol. The van der Waals surface area contributed by atoms with Gasteiger partial charge < -0.3 is 15.2 Å². The molecular formula is C22H29N3O2. The Bertz CT molecular complexity index is 752. The van der Waals surface area contributed by atoms with E-state index in [0.717, 1.165) is 54.2 Å². The van der Waals surface area contributed by atoms with E-state index in [1.165, 1.54) is 0 Å². The van der Waals surface area contributed by atoms with Gasteiger partial charge in [0, 0.05) is 49.6 Å². The Balaban J connectivity index is 0.000000855. The molecular weight excluding hydrogens is 338 g/mol. The average Bonchev–Trinajstić information content (AvgIpc) is 2.75. The van der Waals surface area contributed by atoms with Crippen molar-refractivity contribution < 1.29 is 9.84 Å². The number of hydrogen-bond donors (Lipinski definition) is 2.